The van der Waals surface area contributed by atoms with Crippen LogP contribution in [0.4, 0.5) is 0 Å². The van der Waals surface area contributed by atoms with Crippen molar-refractivity contribution in [2.75, 3.05) is 13.1 Å². The SMILES string of the molecule is CCCC1C(CCC(=O)N2CCCC(C)C2)=CC=C1c1ccccc1. The molecule has 2 nitrogen and oxygen atoms in total. The Labute approximate surface area is 152 Å². The van der Waals surface area contributed by atoms with E-state index in [1.54, 1.807) is 0 Å². The third kappa shape index (κ3) is 4.42. The van der Waals surface area contributed by atoms with E-state index >= 15 is 0 Å². The van der Waals surface area contributed by atoms with Crippen molar-refractivity contribution >= 4 is 11.5 Å². The summed E-state index contributed by atoms with van der Waals surface area (Å²) in [5, 5.41) is 0. The molecule has 2 heteroatoms. The third-order valence-electron chi connectivity index (χ3n) is 5.62. The van der Waals surface area contributed by atoms with Crippen LogP contribution in [0, 0.1) is 11.8 Å². The van der Waals surface area contributed by atoms with Crippen molar-refractivity contribution in [1.29, 1.82) is 0 Å². The first-order valence-corrected chi connectivity index (χ1v) is 9.93. The maximum atomic E-state index is 12.6. The van der Waals surface area contributed by atoms with Crippen molar-refractivity contribution in [1.82, 2.24) is 4.90 Å². The minimum absolute atomic E-state index is 0.343. The molecule has 1 aliphatic heterocycles. The van der Waals surface area contributed by atoms with Crippen LogP contribution in [-0.4, -0.2) is 23.9 Å². The average Bonchev–Trinajstić information content (AvgIpc) is 3.03. The standard InChI is InChI=1S/C23H31NO/c1-3-8-21-20(12-14-22(21)19-10-5-4-6-11-19)13-15-23(25)24-16-7-9-18(2)17-24/h4-6,10-12,14,18,21H,3,7-9,13,15-17H2,1-2H3. The largest absolute Gasteiger partial charge is 0.342 e. The molecule has 25 heavy (non-hydrogen) atoms. The molecule has 0 aromatic heterocycles. The van der Waals surface area contributed by atoms with E-state index < -0.39 is 0 Å². The summed E-state index contributed by atoms with van der Waals surface area (Å²) in [5.74, 6) is 1.49. The van der Waals surface area contributed by atoms with Crippen LogP contribution in [0.15, 0.2) is 48.1 Å². The van der Waals surface area contributed by atoms with Crippen LogP contribution < -0.4 is 0 Å². The number of benzene rings is 1. The van der Waals surface area contributed by atoms with Crippen molar-refractivity contribution in [3.8, 4) is 0 Å². The number of carbonyl (C=O) groups excluding carboxylic acids is 1. The normalized spacial score (nSPS) is 23.4. The van der Waals surface area contributed by atoms with Gasteiger partial charge in [0.05, 0.1) is 0 Å². The van der Waals surface area contributed by atoms with Gasteiger partial charge in [-0.05, 0) is 42.7 Å². The molecule has 2 atom stereocenters. The lowest BCUT2D eigenvalue weighted by Gasteiger charge is -2.31. The fourth-order valence-electron chi connectivity index (χ4n) is 4.27. The topological polar surface area (TPSA) is 20.3 Å². The molecule has 0 spiro atoms. The van der Waals surface area contributed by atoms with Crippen molar-refractivity contribution < 1.29 is 4.79 Å². The summed E-state index contributed by atoms with van der Waals surface area (Å²) in [7, 11) is 0. The van der Waals surface area contributed by atoms with Gasteiger partial charge in [-0.1, -0.05) is 68.3 Å². The molecule has 2 unspecified atom stereocenters. The first-order valence-electron chi connectivity index (χ1n) is 9.93. The van der Waals surface area contributed by atoms with Gasteiger partial charge in [0, 0.05) is 25.4 Å². The molecule has 0 saturated carbocycles. The number of hydrogen-bond donors (Lipinski definition) is 0. The number of allylic oxidation sites excluding steroid dienone is 4. The van der Waals surface area contributed by atoms with Crippen LogP contribution in [0.1, 0.15) is 57.9 Å². The Bertz CT molecular complexity index is 643. The molecule has 3 rings (SSSR count). The van der Waals surface area contributed by atoms with E-state index in [9.17, 15) is 4.79 Å². The molecule has 0 radical (unpaired) electrons. The number of piperidine rings is 1. The van der Waals surface area contributed by atoms with E-state index in [4.69, 9.17) is 0 Å². The first-order chi connectivity index (χ1) is 12.2. The minimum Gasteiger partial charge on any atom is -0.342 e. The summed E-state index contributed by atoms with van der Waals surface area (Å²) < 4.78 is 0. The predicted molar refractivity (Wildman–Crippen MR) is 105 cm³/mol. The van der Waals surface area contributed by atoms with E-state index in [0.717, 1.165) is 25.9 Å². The molecule has 1 aromatic carbocycles. The molecule has 1 heterocycles. The van der Waals surface area contributed by atoms with Gasteiger partial charge in [-0.2, -0.15) is 0 Å². The Hall–Kier alpha value is -1.83. The monoisotopic (exact) mass is 337 g/mol. The molecule has 134 valence electrons. The highest BCUT2D eigenvalue weighted by Gasteiger charge is 2.25. The van der Waals surface area contributed by atoms with E-state index in [1.807, 2.05) is 0 Å². The molecule has 1 aliphatic carbocycles. The number of amides is 1. The fraction of sp³-hybridized carbons (Fsp3) is 0.522. The van der Waals surface area contributed by atoms with Crippen LogP contribution in [0.2, 0.25) is 0 Å². The van der Waals surface area contributed by atoms with Gasteiger partial charge in [0.2, 0.25) is 5.91 Å². The third-order valence-corrected chi connectivity index (χ3v) is 5.62. The number of hydrogen-bond acceptors (Lipinski definition) is 1. The van der Waals surface area contributed by atoms with Crippen LogP contribution >= 0.6 is 0 Å². The Morgan fingerprint density at radius 3 is 2.72 bits per heavy atom. The summed E-state index contributed by atoms with van der Waals surface area (Å²) in [5.41, 5.74) is 4.19. The van der Waals surface area contributed by atoms with Crippen LogP contribution in [0.5, 0.6) is 0 Å². The average molecular weight is 338 g/mol. The van der Waals surface area contributed by atoms with Crippen molar-refractivity contribution in [3.63, 3.8) is 0 Å². The molecule has 1 saturated heterocycles. The fourth-order valence-corrected chi connectivity index (χ4v) is 4.27. The van der Waals surface area contributed by atoms with Crippen LogP contribution in [0.25, 0.3) is 5.57 Å². The Balaban J connectivity index is 1.60. The van der Waals surface area contributed by atoms with Gasteiger partial charge < -0.3 is 4.90 Å². The number of rotatable bonds is 6. The van der Waals surface area contributed by atoms with Crippen molar-refractivity contribution in [2.45, 2.75) is 52.4 Å². The van der Waals surface area contributed by atoms with Crippen molar-refractivity contribution in [3.05, 3.63) is 53.6 Å². The predicted octanol–water partition coefficient (Wildman–Crippen LogP) is 5.47. The molecule has 1 fully saturated rings. The molecule has 2 aliphatic rings. The van der Waals surface area contributed by atoms with Gasteiger partial charge >= 0.3 is 0 Å². The first kappa shape index (κ1) is 18.0. The van der Waals surface area contributed by atoms with Gasteiger partial charge in [-0.3, -0.25) is 4.79 Å². The summed E-state index contributed by atoms with van der Waals surface area (Å²) >= 11 is 0. The second-order valence-electron chi connectivity index (χ2n) is 7.66. The van der Waals surface area contributed by atoms with E-state index in [-0.39, 0.29) is 0 Å². The van der Waals surface area contributed by atoms with Crippen LogP contribution in [-0.2, 0) is 4.79 Å². The smallest absolute Gasteiger partial charge is 0.222 e. The lowest BCUT2D eigenvalue weighted by molar-refractivity contribution is -0.132. The second kappa shape index (κ2) is 8.51. The quantitative estimate of drug-likeness (QED) is 0.674. The maximum Gasteiger partial charge on any atom is 0.222 e. The Kier molecular flexibility index (Phi) is 6.12. The molecule has 0 N–H and O–H groups in total. The summed E-state index contributed by atoms with van der Waals surface area (Å²) in [6.07, 6.45) is 10.9. The molecule has 1 amide bonds. The highest BCUT2D eigenvalue weighted by atomic mass is 16.2. The number of carbonyl (C=O) groups is 1. The molecule has 0 bridgehead atoms. The number of likely N-dealkylation sites (tertiary alicyclic amines) is 1. The van der Waals surface area contributed by atoms with E-state index in [1.165, 1.54) is 36.0 Å². The molecular weight excluding hydrogens is 306 g/mol. The Morgan fingerprint density at radius 2 is 2.00 bits per heavy atom. The van der Waals surface area contributed by atoms with Gasteiger partial charge in [0.15, 0.2) is 0 Å². The Morgan fingerprint density at radius 1 is 1.20 bits per heavy atom. The van der Waals surface area contributed by atoms with E-state index in [0.29, 0.717) is 24.2 Å². The summed E-state index contributed by atoms with van der Waals surface area (Å²) in [4.78, 5) is 14.7. The summed E-state index contributed by atoms with van der Waals surface area (Å²) in [6.45, 7) is 6.41. The maximum absolute atomic E-state index is 12.6. The highest BCUT2D eigenvalue weighted by molar-refractivity contribution is 5.78. The van der Waals surface area contributed by atoms with Gasteiger partial charge in [-0.25, -0.2) is 0 Å². The molecule has 1 aromatic rings. The highest BCUT2D eigenvalue weighted by Crippen LogP contribution is 2.39. The minimum atomic E-state index is 0.343. The second-order valence-corrected chi connectivity index (χ2v) is 7.66. The van der Waals surface area contributed by atoms with E-state index in [2.05, 4.69) is 61.2 Å². The van der Waals surface area contributed by atoms with Gasteiger partial charge in [0.1, 0.15) is 0 Å². The number of nitrogens with zero attached hydrogens (tertiary/aromatic N) is 1. The summed E-state index contributed by atoms with van der Waals surface area (Å²) in [6, 6.07) is 10.7. The molecular formula is C23H31NO. The zero-order valence-corrected chi connectivity index (χ0v) is 15.7. The lowest BCUT2D eigenvalue weighted by Crippen LogP contribution is -2.39. The zero-order valence-electron chi connectivity index (χ0n) is 15.7. The van der Waals surface area contributed by atoms with Crippen molar-refractivity contribution in [2.24, 2.45) is 11.8 Å². The zero-order chi connectivity index (χ0) is 17.6. The lowest BCUT2D eigenvalue weighted by atomic mass is 9.85. The van der Waals surface area contributed by atoms with Gasteiger partial charge in [0.25, 0.3) is 0 Å². The van der Waals surface area contributed by atoms with Gasteiger partial charge in [-0.15, -0.1) is 0 Å². The van der Waals surface area contributed by atoms with Crippen LogP contribution in [0.3, 0.4) is 0 Å².